The minimum Gasteiger partial charge on any atom is -0.251 e. The first kappa shape index (κ1) is 9.47. The zero-order valence-electron chi connectivity index (χ0n) is 8.02. The molecular weight excluding hydrogens is 194 g/mol. The Kier molecular flexibility index (Phi) is 3.00. The number of anilines is 1. The van der Waals surface area contributed by atoms with Crippen LogP contribution >= 0.6 is 11.3 Å². The summed E-state index contributed by atoms with van der Waals surface area (Å²) in [4.78, 5) is 5.97. The van der Waals surface area contributed by atoms with Crippen LogP contribution in [0.3, 0.4) is 0 Å². The average molecular weight is 207 g/mol. The van der Waals surface area contributed by atoms with E-state index in [1.54, 1.807) is 22.4 Å². The van der Waals surface area contributed by atoms with Gasteiger partial charge in [0.15, 0.2) is 11.3 Å². The summed E-state index contributed by atoms with van der Waals surface area (Å²) in [5.41, 5.74) is 0. The third-order valence-electron chi connectivity index (χ3n) is 2.67. The first-order valence-electron chi connectivity index (χ1n) is 5.00. The SMILES string of the molecule is N#CN(c1nccs1)C1CCCCC1. The lowest BCUT2D eigenvalue weighted by Crippen LogP contribution is -2.32. The van der Waals surface area contributed by atoms with E-state index in [9.17, 15) is 0 Å². The van der Waals surface area contributed by atoms with E-state index in [0.717, 1.165) is 18.0 Å². The van der Waals surface area contributed by atoms with Crippen molar-refractivity contribution in [1.29, 1.82) is 5.26 Å². The Hall–Kier alpha value is -1.08. The van der Waals surface area contributed by atoms with Crippen LogP contribution in [0.5, 0.6) is 0 Å². The summed E-state index contributed by atoms with van der Waals surface area (Å²) in [6.45, 7) is 0. The van der Waals surface area contributed by atoms with Gasteiger partial charge in [0.1, 0.15) is 0 Å². The van der Waals surface area contributed by atoms with Gasteiger partial charge < -0.3 is 0 Å². The predicted octanol–water partition coefficient (Wildman–Crippen LogP) is 2.76. The lowest BCUT2D eigenvalue weighted by molar-refractivity contribution is 0.436. The van der Waals surface area contributed by atoms with Crippen molar-refractivity contribution in [2.45, 2.75) is 38.1 Å². The standard InChI is InChI=1S/C10H13N3S/c11-8-13(10-12-6-7-14-10)9-4-2-1-3-5-9/h6-7,9H,1-5H2. The molecule has 3 nitrogen and oxygen atoms in total. The van der Waals surface area contributed by atoms with Gasteiger partial charge in [0, 0.05) is 17.6 Å². The molecule has 1 aromatic rings. The highest BCUT2D eigenvalue weighted by atomic mass is 32.1. The second-order valence-electron chi connectivity index (χ2n) is 3.58. The molecule has 1 saturated carbocycles. The van der Waals surface area contributed by atoms with Crippen LogP contribution in [0, 0.1) is 11.5 Å². The van der Waals surface area contributed by atoms with Crippen LogP contribution < -0.4 is 4.90 Å². The smallest absolute Gasteiger partial charge is 0.198 e. The minimum absolute atomic E-state index is 0.389. The molecule has 74 valence electrons. The molecule has 0 N–H and O–H groups in total. The molecule has 1 heterocycles. The second-order valence-corrected chi connectivity index (χ2v) is 4.45. The van der Waals surface area contributed by atoms with Gasteiger partial charge in [0.05, 0.1) is 0 Å². The van der Waals surface area contributed by atoms with Crippen LogP contribution in [0.2, 0.25) is 0 Å². The highest BCUT2D eigenvalue weighted by molar-refractivity contribution is 7.13. The van der Waals surface area contributed by atoms with Gasteiger partial charge in [-0.15, -0.1) is 11.3 Å². The van der Waals surface area contributed by atoms with Gasteiger partial charge in [0.25, 0.3) is 0 Å². The molecule has 0 amide bonds. The van der Waals surface area contributed by atoms with Crippen molar-refractivity contribution < 1.29 is 0 Å². The topological polar surface area (TPSA) is 39.9 Å². The summed E-state index contributed by atoms with van der Waals surface area (Å²) in [5, 5.41) is 11.9. The number of hydrogen-bond donors (Lipinski definition) is 0. The van der Waals surface area contributed by atoms with E-state index in [2.05, 4.69) is 11.2 Å². The lowest BCUT2D eigenvalue weighted by Gasteiger charge is -2.27. The van der Waals surface area contributed by atoms with Crippen LogP contribution in [-0.2, 0) is 0 Å². The molecule has 0 saturated heterocycles. The number of rotatable bonds is 2. The van der Waals surface area contributed by atoms with Gasteiger partial charge in [-0.2, -0.15) is 5.26 Å². The number of aromatic nitrogens is 1. The van der Waals surface area contributed by atoms with Crippen LogP contribution in [-0.4, -0.2) is 11.0 Å². The fraction of sp³-hybridized carbons (Fsp3) is 0.600. The first-order chi connectivity index (χ1) is 6.92. The molecule has 0 atom stereocenters. The van der Waals surface area contributed by atoms with Crippen LogP contribution in [0.15, 0.2) is 11.6 Å². The maximum absolute atomic E-state index is 9.09. The molecular formula is C10H13N3S. The Morgan fingerprint density at radius 2 is 2.21 bits per heavy atom. The van der Waals surface area contributed by atoms with Crippen molar-refractivity contribution in [2.75, 3.05) is 4.90 Å². The first-order valence-corrected chi connectivity index (χ1v) is 5.88. The fourth-order valence-electron chi connectivity index (χ4n) is 1.95. The maximum Gasteiger partial charge on any atom is 0.198 e. The molecule has 4 heteroatoms. The van der Waals surface area contributed by atoms with Gasteiger partial charge in [-0.1, -0.05) is 19.3 Å². The van der Waals surface area contributed by atoms with Crippen LogP contribution in [0.1, 0.15) is 32.1 Å². The number of hydrogen-bond acceptors (Lipinski definition) is 4. The molecule has 1 aliphatic rings. The predicted molar refractivity (Wildman–Crippen MR) is 57.1 cm³/mol. The Morgan fingerprint density at radius 1 is 1.43 bits per heavy atom. The van der Waals surface area contributed by atoms with Crippen molar-refractivity contribution in [3.63, 3.8) is 0 Å². The summed E-state index contributed by atoms with van der Waals surface area (Å²) in [5.74, 6) is 0. The normalized spacial score (nSPS) is 17.6. The third kappa shape index (κ3) is 1.88. The maximum atomic E-state index is 9.09. The quantitative estimate of drug-likeness (QED) is 0.553. The van der Waals surface area contributed by atoms with E-state index in [1.807, 2.05) is 5.38 Å². The highest BCUT2D eigenvalue weighted by Gasteiger charge is 2.22. The van der Waals surface area contributed by atoms with E-state index in [1.165, 1.54) is 19.3 Å². The average Bonchev–Trinajstić information content (AvgIpc) is 2.74. The van der Waals surface area contributed by atoms with Crippen LogP contribution in [0.4, 0.5) is 5.13 Å². The third-order valence-corrected chi connectivity index (χ3v) is 3.44. The van der Waals surface area contributed by atoms with Gasteiger partial charge in [-0.3, -0.25) is 4.90 Å². The summed E-state index contributed by atoms with van der Waals surface area (Å²) in [6, 6.07) is 0.389. The van der Waals surface area contributed by atoms with E-state index in [0.29, 0.717) is 6.04 Å². The van der Waals surface area contributed by atoms with Crippen molar-refractivity contribution in [2.24, 2.45) is 0 Å². The Labute approximate surface area is 88.0 Å². The van der Waals surface area contributed by atoms with Crippen molar-refractivity contribution in [1.82, 2.24) is 4.98 Å². The molecule has 0 unspecified atom stereocenters. The lowest BCUT2D eigenvalue weighted by atomic mass is 9.95. The van der Waals surface area contributed by atoms with E-state index in [4.69, 9.17) is 5.26 Å². The van der Waals surface area contributed by atoms with E-state index in [-0.39, 0.29) is 0 Å². The highest BCUT2D eigenvalue weighted by Crippen LogP contribution is 2.27. The van der Waals surface area contributed by atoms with E-state index >= 15 is 0 Å². The summed E-state index contributed by atoms with van der Waals surface area (Å²) in [6.07, 6.45) is 10.1. The van der Waals surface area contributed by atoms with Gasteiger partial charge in [-0.05, 0) is 12.8 Å². The zero-order chi connectivity index (χ0) is 9.80. The molecule has 1 aromatic heterocycles. The van der Waals surface area contributed by atoms with Gasteiger partial charge in [0.2, 0.25) is 0 Å². The summed E-state index contributed by atoms with van der Waals surface area (Å²) >= 11 is 1.54. The molecule has 14 heavy (non-hydrogen) atoms. The van der Waals surface area contributed by atoms with Gasteiger partial charge >= 0.3 is 0 Å². The Morgan fingerprint density at radius 3 is 2.79 bits per heavy atom. The molecule has 2 rings (SSSR count). The monoisotopic (exact) mass is 207 g/mol. The van der Waals surface area contributed by atoms with Crippen molar-refractivity contribution >= 4 is 16.5 Å². The molecule has 1 fully saturated rings. The second kappa shape index (κ2) is 4.43. The summed E-state index contributed by atoms with van der Waals surface area (Å²) in [7, 11) is 0. The minimum atomic E-state index is 0.389. The van der Waals surface area contributed by atoms with Crippen molar-refractivity contribution in [3.05, 3.63) is 11.6 Å². The molecule has 0 aliphatic heterocycles. The van der Waals surface area contributed by atoms with Gasteiger partial charge in [-0.25, -0.2) is 4.98 Å². The van der Waals surface area contributed by atoms with Crippen molar-refractivity contribution in [3.8, 4) is 6.19 Å². The molecule has 0 spiro atoms. The Bertz CT molecular complexity index is 309. The Balaban J connectivity index is 2.09. The van der Waals surface area contributed by atoms with Crippen LogP contribution in [0.25, 0.3) is 0 Å². The van der Waals surface area contributed by atoms with E-state index < -0.39 is 0 Å². The number of nitriles is 1. The zero-order valence-corrected chi connectivity index (χ0v) is 8.83. The number of nitrogens with zero attached hydrogens (tertiary/aromatic N) is 3. The molecule has 0 aromatic carbocycles. The molecule has 0 radical (unpaired) electrons. The number of thiazole rings is 1. The molecule has 0 bridgehead atoms. The largest absolute Gasteiger partial charge is 0.251 e. The fourth-order valence-corrected chi connectivity index (χ4v) is 2.62. The summed E-state index contributed by atoms with van der Waals surface area (Å²) < 4.78 is 0. The molecule has 1 aliphatic carbocycles.